The highest BCUT2D eigenvalue weighted by atomic mass is 19.4. The van der Waals surface area contributed by atoms with Crippen LogP contribution in [0.1, 0.15) is 12.0 Å². The molecule has 2 aromatic carbocycles. The lowest BCUT2D eigenvalue weighted by Gasteiger charge is -2.10. The normalized spacial score (nSPS) is 11.3. The van der Waals surface area contributed by atoms with E-state index in [9.17, 15) is 37.7 Å². The van der Waals surface area contributed by atoms with Gasteiger partial charge in [0.25, 0.3) is 11.6 Å². The van der Waals surface area contributed by atoms with Gasteiger partial charge in [0.1, 0.15) is 5.69 Å². The van der Waals surface area contributed by atoms with Gasteiger partial charge in [0.2, 0.25) is 0 Å². The molecule has 168 valence electrons. The molecule has 0 saturated heterocycles. The number of fused-ring (bicyclic) bond motifs is 1. The Balaban J connectivity index is 1.58. The van der Waals surface area contributed by atoms with Crippen LogP contribution in [0.2, 0.25) is 0 Å². The number of esters is 1. The summed E-state index contributed by atoms with van der Waals surface area (Å²) in [6.07, 6.45) is -5.08. The molecule has 10 nitrogen and oxygen atoms in total. The van der Waals surface area contributed by atoms with E-state index >= 15 is 0 Å². The van der Waals surface area contributed by atoms with E-state index in [0.717, 1.165) is 6.07 Å². The second-order valence-corrected chi connectivity index (χ2v) is 6.43. The predicted molar refractivity (Wildman–Crippen MR) is 103 cm³/mol. The quantitative estimate of drug-likeness (QED) is 0.330. The van der Waals surface area contributed by atoms with E-state index in [1.54, 1.807) is 24.3 Å². The Morgan fingerprint density at radius 3 is 2.59 bits per heavy atom. The Morgan fingerprint density at radius 1 is 1.19 bits per heavy atom. The number of alkyl halides is 3. The van der Waals surface area contributed by atoms with Gasteiger partial charge in [-0.15, -0.1) is 0 Å². The maximum atomic E-state index is 12.7. The van der Waals surface area contributed by atoms with Gasteiger partial charge in [-0.05, 0) is 24.3 Å². The minimum Gasteiger partial charge on any atom is -0.456 e. The van der Waals surface area contributed by atoms with Crippen molar-refractivity contribution in [2.24, 2.45) is 0 Å². The van der Waals surface area contributed by atoms with Gasteiger partial charge >= 0.3 is 17.9 Å². The van der Waals surface area contributed by atoms with Crippen molar-refractivity contribution in [3.8, 4) is 0 Å². The first-order valence-electron chi connectivity index (χ1n) is 8.96. The minimum atomic E-state index is -4.80. The van der Waals surface area contributed by atoms with Crippen LogP contribution in [-0.4, -0.2) is 28.0 Å². The largest absolute Gasteiger partial charge is 0.456 e. The number of carbonyl (C=O) groups excluding carboxylic acids is 2. The van der Waals surface area contributed by atoms with Gasteiger partial charge in [0.15, 0.2) is 12.2 Å². The third kappa shape index (κ3) is 5.11. The molecule has 32 heavy (non-hydrogen) atoms. The van der Waals surface area contributed by atoms with Gasteiger partial charge in [-0.25, -0.2) is 4.79 Å². The van der Waals surface area contributed by atoms with E-state index in [0.29, 0.717) is 17.2 Å². The highest BCUT2D eigenvalue weighted by molar-refractivity contribution is 5.94. The molecular formula is C19H14F3N3O7. The topological polar surface area (TPSA) is 134 Å². The molecule has 1 N–H and O–H groups in total. The zero-order chi connectivity index (χ0) is 23.5. The Labute approximate surface area is 176 Å². The summed E-state index contributed by atoms with van der Waals surface area (Å²) >= 11 is 0. The fraction of sp³-hybridized carbons (Fsp3) is 0.211. The third-order valence-corrected chi connectivity index (χ3v) is 4.27. The molecule has 0 fully saturated rings. The molecule has 1 heterocycles. The van der Waals surface area contributed by atoms with Crippen LogP contribution in [0, 0.1) is 10.1 Å². The summed E-state index contributed by atoms with van der Waals surface area (Å²) in [5.41, 5.74) is -1.90. The highest BCUT2D eigenvalue weighted by Crippen LogP contribution is 2.34. The van der Waals surface area contributed by atoms with Crippen LogP contribution in [0.3, 0.4) is 0 Å². The van der Waals surface area contributed by atoms with Crippen LogP contribution in [0.25, 0.3) is 11.1 Å². The van der Waals surface area contributed by atoms with Crippen LogP contribution in [-0.2, 0) is 27.0 Å². The number of carbonyl (C=O) groups is 2. The third-order valence-electron chi connectivity index (χ3n) is 4.27. The molecule has 3 rings (SSSR count). The van der Waals surface area contributed by atoms with E-state index in [1.165, 1.54) is 4.57 Å². The van der Waals surface area contributed by atoms with Crippen molar-refractivity contribution in [1.82, 2.24) is 4.57 Å². The first kappa shape index (κ1) is 22.5. The van der Waals surface area contributed by atoms with E-state index in [-0.39, 0.29) is 19.0 Å². The molecule has 3 aromatic rings. The fourth-order valence-corrected chi connectivity index (χ4v) is 2.80. The Morgan fingerprint density at radius 2 is 1.91 bits per heavy atom. The molecule has 0 atom stereocenters. The number of hydrogen-bond donors (Lipinski definition) is 1. The minimum absolute atomic E-state index is 0.0827. The first-order chi connectivity index (χ1) is 15.1. The first-order valence-corrected chi connectivity index (χ1v) is 8.96. The van der Waals surface area contributed by atoms with Crippen LogP contribution in [0.5, 0.6) is 0 Å². The van der Waals surface area contributed by atoms with Gasteiger partial charge in [-0.2, -0.15) is 13.2 Å². The van der Waals surface area contributed by atoms with Crippen molar-refractivity contribution in [1.29, 1.82) is 0 Å². The molecule has 0 unspecified atom stereocenters. The Kier molecular flexibility index (Phi) is 6.27. The van der Waals surface area contributed by atoms with E-state index < -0.39 is 52.3 Å². The smallest absolute Gasteiger partial charge is 0.419 e. The summed E-state index contributed by atoms with van der Waals surface area (Å²) in [7, 11) is 0. The van der Waals surface area contributed by atoms with Crippen molar-refractivity contribution < 1.29 is 36.8 Å². The number of oxazole rings is 1. The van der Waals surface area contributed by atoms with Gasteiger partial charge in [-0.3, -0.25) is 24.3 Å². The number of aryl methyl sites for hydroxylation is 1. The average molecular weight is 453 g/mol. The molecule has 0 radical (unpaired) electrons. The molecule has 1 aromatic heterocycles. The summed E-state index contributed by atoms with van der Waals surface area (Å²) in [6, 6.07) is 8.14. The number of ether oxygens (including phenoxy) is 1. The van der Waals surface area contributed by atoms with E-state index in [4.69, 9.17) is 9.15 Å². The van der Waals surface area contributed by atoms with E-state index in [1.807, 2.05) is 5.32 Å². The van der Waals surface area contributed by atoms with Crippen molar-refractivity contribution in [3.05, 3.63) is 68.7 Å². The van der Waals surface area contributed by atoms with Gasteiger partial charge in [0.05, 0.1) is 22.4 Å². The lowest BCUT2D eigenvalue weighted by Crippen LogP contribution is -2.23. The molecule has 0 bridgehead atoms. The summed E-state index contributed by atoms with van der Waals surface area (Å²) in [5.74, 6) is -2.52. The molecule has 0 aliphatic heterocycles. The standard InChI is InChI=1S/C19H14F3N3O7/c20-19(21,22)11-5-6-12(14(9-11)25(29)30)23-16(26)10-31-17(27)7-8-24-13-3-1-2-4-15(13)32-18(24)28/h1-6,9H,7-8,10H2,(H,23,26). The van der Waals surface area contributed by atoms with Crippen molar-refractivity contribution in [2.45, 2.75) is 19.1 Å². The molecule has 0 spiro atoms. The number of benzene rings is 2. The maximum Gasteiger partial charge on any atom is 0.419 e. The summed E-state index contributed by atoms with van der Waals surface area (Å²) in [6.45, 7) is -0.918. The molecule has 13 heteroatoms. The Hall–Kier alpha value is -4.16. The number of halogens is 3. The number of nitro benzene ring substituents is 1. The van der Waals surface area contributed by atoms with Gasteiger partial charge < -0.3 is 14.5 Å². The lowest BCUT2D eigenvalue weighted by molar-refractivity contribution is -0.384. The molecular weight excluding hydrogens is 439 g/mol. The average Bonchev–Trinajstić information content (AvgIpc) is 3.05. The number of amides is 1. The summed E-state index contributed by atoms with van der Waals surface area (Å²) < 4.78 is 49.2. The number of para-hydroxylation sites is 2. The van der Waals surface area contributed by atoms with E-state index in [2.05, 4.69) is 0 Å². The lowest BCUT2D eigenvalue weighted by atomic mass is 10.1. The molecule has 1 amide bonds. The zero-order valence-electron chi connectivity index (χ0n) is 16.0. The second kappa shape index (κ2) is 8.91. The SMILES string of the molecule is O=C(COC(=O)CCn1c(=O)oc2ccccc21)Nc1ccc(C(F)(F)F)cc1[N+](=O)[O-]. The van der Waals surface area contributed by atoms with Gasteiger partial charge in [0, 0.05) is 12.6 Å². The summed E-state index contributed by atoms with van der Waals surface area (Å²) in [4.78, 5) is 45.6. The number of nitrogens with one attached hydrogen (secondary N) is 1. The summed E-state index contributed by atoms with van der Waals surface area (Å²) in [5, 5.41) is 13.1. The number of nitrogens with zero attached hydrogens (tertiary/aromatic N) is 2. The Bertz CT molecular complexity index is 1250. The van der Waals surface area contributed by atoms with Gasteiger partial charge in [-0.1, -0.05) is 12.1 Å². The van der Waals surface area contributed by atoms with Crippen molar-refractivity contribution in [2.75, 3.05) is 11.9 Å². The van der Waals surface area contributed by atoms with Crippen molar-refractivity contribution in [3.63, 3.8) is 0 Å². The van der Waals surface area contributed by atoms with Crippen LogP contribution in [0.4, 0.5) is 24.5 Å². The highest BCUT2D eigenvalue weighted by Gasteiger charge is 2.33. The zero-order valence-corrected chi connectivity index (χ0v) is 16.0. The molecule has 0 aliphatic carbocycles. The number of aromatic nitrogens is 1. The van der Waals surface area contributed by atoms with Crippen LogP contribution < -0.4 is 11.1 Å². The van der Waals surface area contributed by atoms with Crippen molar-refractivity contribution >= 4 is 34.4 Å². The molecule has 0 aliphatic rings. The maximum absolute atomic E-state index is 12.7. The van der Waals surface area contributed by atoms with Crippen LogP contribution >= 0.6 is 0 Å². The number of rotatable bonds is 7. The number of hydrogen-bond acceptors (Lipinski definition) is 7. The fourth-order valence-electron chi connectivity index (χ4n) is 2.80. The number of nitro groups is 1. The molecule has 0 saturated carbocycles. The van der Waals surface area contributed by atoms with Crippen LogP contribution in [0.15, 0.2) is 51.7 Å². The number of anilines is 1. The second-order valence-electron chi connectivity index (χ2n) is 6.43. The predicted octanol–water partition coefficient (Wildman–Crippen LogP) is 3.09. The monoisotopic (exact) mass is 453 g/mol.